The van der Waals surface area contributed by atoms with E-state index in [9.17, 15) is 4.79 Å². The monoisotopic (exact) mass is 278 g/mol. The van der Waals surface area contributed by atoms with Gasteiger partial charge in [0.25, 0.3) is 5.91 Å². The third-order valence-electron chi connectivity index (χ3n) is 3.65. The van der Waals surface area contributed by atoms with Crippen LogP contribution in [0.2, 0.25) is 0 Å². The van der Waals surface area contributed by atoms with E-state index in [4.69, 9.17) is 9.47 Å². The third kappa shape index (κ3) is 3.22. The Kier molecular flexibility index (Phi) is 4.84. The molecule has 0 radical (unpaired) electrons. The van der Waals surface area contributed by atoms with Gasteiger partial charge in [-0.3, -0.25) is 4.79 Å². The first kappa shape index (κ1) is 14.7. The minimum Gasteiger partial charge on any atom is -0.496 e. The van der Waals surface area contributed by atoms with Gasteiger partial charge >= 0.3 is 0 Å². The number of piperidine rings is 1. The first-order chi connectivity index (χ1) is 9.65. The topological polar surface area (TPSA) is 59.6 Å². The summed E-state index contributed by atoms with van der Waals surface area (Å²) in [5.41, 5.74) is 1.46. The molecule has 5 nitrogen and oxygen atoms in total. The van der Waals surface area contributed by atoms with Gasteiger partial charge in [0.1, 0.15) is 11.5 Å². The molecule has 110 valence electrons. The summed E-state index contributed by atoms with van der Waals surface area (Å²) in [7, 11) is 3.18. The number of rotatable bonds is 4. The molecule has 1 heterocycles. The minimum atomic E-state index is -0.0877. The second-order valence-corrected chi connectivity index (χ2v) is 5.02. The highest BCUT2D eigenvalue weighted by Gasteiger charge is 2.18. The lowest BCUT2D eigenvalue weighted by Crippen LogP contribution is -2.45. The van der Waals surface area contributed by atoms with E-state index in [2.05, 4.69) is 10.6 Å². The van der Waals surface area contributed by atoms with Crippen molar-refractivity contribution in [2.24, 2.45) is 0 Å². The number of amides is 1. The molecule has 1 aromatic carbocycles. The SMILES string of the molecule is COc1cc(C(=O)N[C@H]2CCCNC2)cc(OC)c1C. The Labute approximate surface area is 119 Å². The molecule has 0 bridgehead atoms. The lowest BCUT2D eigenvalue weighted by molar-refractivity contribution is 0.0930. The van der Waals surface area contributed by atoms with Crippen molar-refractivity contribution >= 4 is 5.91 Å². The van der Waals surface area contributed by atoms with Crippen molar-refractivity contribution in [2.45, 2.75) is 25.8 Å². The Bertz CT molecular complexity index is 457. The van der Waals surface area contributed by atoms with Crippen molar-refractivity contribution in [3.63, 3.8) is 0 Å². The molecular weight excluding hydrogens is 256 g/mol. The Hall–Kier alpha value is -1.75. The molecular formula is C15H22N2O3. The average molecular weight is 278 g/mol. The van der Waals surface area contributed by atoms with Crippen LogP contribution in [-0.2, 0) is 0 Å². The van der Waals surface area contributed by atoms with Crippen LogP contribution in [0.4, 0.5) is 0 Å². The van der Waals surface area contributed by atoms with Crippen LogP contribution in [0.3, 0.4) is 0 Å². The van der Waals surface area contributed by atoms with Crippen molar-refractivity contribution in [3.05, 3.63) is 23.3 Å². The van der Waals surface area contributed by atoms with Gasteiger partial charge in [-0.1, -0.05) is 0 Å². The van der Waals surface area contributed by atoms with Crippen LogP contribution in [0, 0.1) is 6.92 Å². The average Bonchev–Trinajstić information content (AvgIpc) is 2.48. The first-order valence-electron chi connectivity index (χ1n) is 6.90. The van der Waals surface area contributed by atoms with Crippen LogP contribution in [0.25, 0.3) is 0 Å². The van der Waals surface area contributed by atoms with Crippen molar-refractivity contribution in [3.8, 4) is 11.5 Å². The Morgan fingerprint density at radius 2 is 1.95 bits per heavy atom. The lowest BCUT2D eigenvalue weighted by atomic mass is 10.1. The third-order valence-corrected chi connectivity index (χ3v) is 3.65. The van der Waals surface area contributed by atoms with E-state index < -0.39 is 0 Å². The summed E-state index contributed by atoms with van der Waals surface area (Å²) in [6.07, 6.45) is 2.10. The fourth-order valence-corrected chi connectivity index (χ4v) is 2.46. The molecule has 0 unspecified atom stereocenters. The second kappa shape index (κ2) is 6.61. The molecule has 1 atom stereocenters. The summed E-state index contributed by atoms with van der Waals surface area (Å²) in [6.45, 7) is 3.76. The van der Waals surface area contributed by atoms with Crippen molar-refractivity contribution in [2.75, 3.05) is 27.3 Å². The molecule has 1 aromatic rings. The molecule has 0 saturated carbocycles. The van der Waals surface area contributed by atoms with Gasteiger partial charge in [-0.25, -0.2) is 0 Å². The summed E-state index contributed by atoms with van der Waals surface area (Å²) in [4.78, 5) is 12.3. The van der Waals surface area contributed by atoms with E-state index in [1.165, 1.54) is 0 Å². The number of carbonyl (C=O) groups is 1. The number of ether oxygens (including phenoxy) is 2. The van der Waals surface area contributed by atoms with Gasteiger partial charge < -0.3 is 20.1 Å². The highest BCUT2D eigenvalue weighted by atomic mass is 16.5. The number of carbonyl (C=O) groups excluding carboxylic acids is 1. The Morgan fingerprint density at radius 1 is 1.30 bits per heavy atom. The van der Waals surface area contributed by atoms with Gasteiger partial charge in [0, 0.05) is 23.7 Å². The molecule has 1 saturated heterocycles. The van der Waals surface area contributed by atoms with Gasteiger partial charge in [0.05, 0.1) is 14.2 Å². The maximum absolute atomic E-state index is 12.3. The largest absolute Gasteiger partial charge is 0.496 e. The van der Waals surface area contributed by atoms with E-state index in [1.54, 1.807) is 26.4 Å². The van der Waals surface area contributed by atoms with Gasteiger partial charge in [0.15, 0.2) is 0 Å². The summed E-state index contributed by atoms with van der Waals surface area (Å²) in [6, 6.07) is 3.70. The maximum atomic E-state index is 12.3. The van der Waals surface area contributed by atoms with E-state index in [-0.39, 0.29) is 11.9 Å². The molecule has 1 amide bonds. The number of nitrogens with one attached hydrogen (secondary N) is 2. The van der Waals surface area contributed by atoms with Gasteiger partial charge in [0.2, 0.25) is 0 Å². The fourth-order valence-electron chi connectivity index (χ4n) is 2.46. The molecule has 2 N–H and O–H groups in total. The van der Waals surface area contributed by atoms with E-state index in [0.29, 0.717) is 17.1 Å². The molecule has 1 aliphatic heterocycles. The molecule has 5 heteroatoms. The number of benzene rings is 1. The smallest absolute Gasteiger partial charge is 0.251 e. The Balaban J connectivity index is 2.16. The molecule has 1 fully saturated rings. The molecule has 20 heavy (non-hydrogen) atoms. The van der Waals surface area contributed by atoms with Crippen molar-refractivity contribution in [1.29, 1.82) is 0 Å². The number of hydrogen-bond acceptors (Lipinski definition) is 4. The van der Waals surface area contributed by atoms with Crippen LogP contribution in [0.15, 0.2) is 12.1 Å². The zero-order chi connectivity index (χ0) is 14.5. The van der Waals surface area contributed by atoms with Crippen LogP contribution in [0.1, 0.15) is 28.8 Å². The predicted molar refractivity (Wildman–Crippen MR) is 77.6 cm³/mol. The zero-order valence-electron chi connectivity index (χ0n) is 12.3. The van der Waals surface area contributed by atoms with Gasteiger partial charge in [-0.2, -0.15) is 0 Å². The predicted octanol–water partition coefficient (Wildman–Crippen LogP) is 1.49. The lowest BCUT2D eigenvalue weighted by Gasteiger charge is -2.24. The zero-order valence-corrected chi connectivity index (χ0v) is 12.3. The molecule has 0 spiro atoms. The summed E-state index contributed by atoms with van der Waals surface area (Å²) in [5, 5.41) is 6.33. The number of hydrogen-bond donors (Lipinski definition) is 2. The standard InChI is InChI=1S/C15H22N2O3/c1-10-13(19-2)7-11(8-14(10)20-3)15(18)17-12-5-4-6-16-9-12/h7-8,12,16H,4-6,9H2,1-3H3,(H,17,18)/t12-/m0/s1. The minimum absolute atomic E-state index is 0.0877. The molecule has 1 aliphatic rings. The van der Waals surface area contributed by atoms with Crippen LogP contribution >= 0.6 is 0 Å². The van der Waals surface area contributed by atoms with E-state index in [0.717, 1.165) is 31.5 Å². The number of methoxy groups -OCH3 is 2. The molecule has 0 aliphatic carbocycles. The summed E-state index contributed by atoms with van der Waals surface area (Å²) in [5.74, 6) is 1.24. The van der Waals surface area contributed by atoms with Crippen molar-refractivity contribution in [1.82, 2.24) is 10.6 Å². The second-order valence-electron chi connectivity index (χ2n) is 5.02. The van der Waals surface area contributed by atoms with E-state index in [1.807, 2.05) is 6.92 Å². The van der Waals surface area contributed by atoms with Gasteiger partial charge in [-0.15, -0.1) is 0 Å². The fraction of sp³-hybridized carbons (Fsp3) is 0.533. The Morgan fingerprint density at radius 3 is 2.45 bits per heavy atom. The van der Waals surface area contributed by atoms with Crippen LogP contribution in [-0.4, -0.2) is 39.3 Å². The maximum Gasteiger partial charge on any atom is 0.251 e. The van der Waals surface area contributed by atoms with E-state index >= 15 is 0 Å². The summed E-state index contributed by atoms with van der Waals surface area (Å²) >= 11 is 0. The van der Waals surface area contributed by atoms with Crippen LogP contribution in [0.5, 0.6) is 11.5 Å². The van der Waals surface area contributed by atoms with Gasteiger partial charge in [-0.05, 0) is 38.4 Å². The normalized spacial score (nSPS) is 18.4. The quantitative estimate of drug-likeness (QED) is 0.876. The summed E-state index contributed by atoms with van der Waals surface area (Å²) < 4.78 is 10.6. The highest BCUT2D eigenvalue weighted by Crippen LogP contribution is 2.29. The van der Waals surface area contributed by atoms with Crippen molar-refractivity contribution < 1.29 is 14.3 Å². The van der Waals surface area contributed by atoms with Crippen LogP contribution < -0.4 is 20.1 Å². The highest BCUT2D eigenvalue weighted by molar-refractivity contribution is 5.95. The molecule has 0 aromatic heterocycles. The first-order valence-corrected chi connectivity index (χ1v) is 6.90. The molecule has 2 rings (SSSR count).